The first-order valence-corrected chi connectivity index (χ1v) is 6.59. The summed E-state index contributed by atoms with van der Waals surface area (Å²) >= 11 is 0. The second-order valence-corrected chi connectivity index (χ2v) is 5.56. The van der Waals surface area contributed by atoms with Gasteiger partial charge in [0.2, 0.25) is 0 Å². The molecule has 0 bridgehead atoms. The van der Waals surface area contributed by atoms with Crippen molar-refractivity contribution >= 4 is 5.91 Å². The zero-order chi connectivity index (χ0) is 13.2. The Labute approximate surface area is 108 Å². The summed E-state index contributed by atoms with van der Waals surface area (Å²) in [4.78, 5) is 12.1. The Hall–Kier alpha value is -1.38. The predicted octanol–water partition coefficient (Wildman–Crippen LogP) is 3.59. The molecule has 1 aliphatic carbocycles. The second kappa shape index (κ2) is 5.09. The van der Waals surface area contributed by atoms with Crippen LogP contribution in [0.4, 0.5) is 4.39 Å². The fraction of sp³-hybridized carbons (Fsp3) is 0.533. The highest BCUT2D eigenvalue weighted by atomic mass is 19.1. The van der Waals surface area contributed by atoms with Gasteiger partial charge in [0.05, 0.1) is 5.56 Å². The zero-order valence-corrected chi connectivity index (χ0v) is 11.1. The highest BCUT2D eigenvalue weighted by molar-refractivity contribution is 5.95. The molecule has 0 aliphatic heterocycles. The lowest BCUT2D eigenvalue weighted by molar-refractivity contribution is 0.0878. The normalized spacial score (nSPS) is 18.4. The number of carbonyl (C=O) groups is 1. The number of hydrogen-bond donors (Lipinski definition) is 1. The van der Waals surface area contributed by atoms with Gasteiger partial charge in [0.15, 0.2) is 0 Å². The van der Waals surface area contributed by atoms with Gasteiger partial charge in [-0.1, -0.05) is 25.3 Å². The van der Waals surface area contributed by atoms with E-state index < -0.39 is 5.82 Å². The molecule has 0 heterocycles. The predicted molar refractivity (Wildman–Crippen MR) is 70.1 cm³/mol. The van der Waals surface area contributed by atoms with E-state index in [-0.39, 0.29) is 17.0 Å². The van der Waals surface area contributed by atoms with E-state index in [4.69, 9.17) is 0 Å². The van der Waals surface area contributed by atoms with Crippen LogP contribution in [-0.2, 0) is 0 Å². The summed E-state index contributed by atoms with van der Waals surface area (Å²) in [5.74, 6) is -0.733. The number of rotatable bonds is 2. The van der Waals surface area contributed by atoms with Crippen LogP contribution < -0.4 is 5.32 Å². The van der Waals surface area contributed by atoms with Gasteiger partial charge < -0.3 is 5.32 Å². The van der Waals surface area contributed by atoms with Gasteiger partial charge in [-0.05, 0) is 44.4 Å². The van der Waals surface area contributed by atoms with Crippen LogP contribution in [0.1, 0.15) is 54.9 Å². The van der Waals surface area contributed by atoms with Gasteiger partial charge in [0.25, 0.3) is 5.91 Å². The first-order valence-electron chi connectivity index (χ1n) is 6.59. The van der Waals surface area contributed by atoms with Crippen molar-refractivity contribution in [3.05, 3.63) is 35.1 Å². The lowest BCUT2D eigenvalue weighted by Crippen LogP contribution is -2.47. The van der Waals surface area contributed by atoms with Gasteiger partial charge in [-0.15, -0.1) is 0 Å². The standard InChI is InChI=1S/C15H20FNO/c1-11-6-7-12(13(16)10-11)14(18)17-15(2)8-4-3-5-9-15/h6-7,10H,3-5,8-9H2,1-2H3,(H,17,18). The molecule has 2 nitrogen and oxygen atoms in total. The zero-order valence-electron chi connectivity index (χ0n) is 11.1. The van der Waals surface area contributed by atoms with Crippen molar-refractivity contribution in [3.63, 3.8) is 0 Å². The molecule has 1 amide bonds. The van der Waals surface area contributed by atoms with Gasteiger partial charge in [-0.25, -0.2) is 4.39 Å². The van der Waals surface area contributed by atoms with E-state index in [9.17, 15) is 9.18 Å². The molecule has 1 N–H and O–H groups in total. The van der Waals surface area contributed by atoms with Crippen LogP contribution in [0.15, 0.2) is 18.2 Å². The molecule has 1 aromatic carbocycles. The maximum Gasteiger partial charge on any atom is 0.254 e. The molecule has 1 aliphatic rings. The molecule has 1 fully saturated rings. The van der Waals surface area contributed by atoms with E-state index in [0.717, 1.165) is 31.2 Å². The summed E-state index contributed by atoms with van der Waals surface area (Å²) in [6.45, 7) is 3.86. The Balaban J connectivity index is 2.11. The molecule has 1 saturated carbocycles. The third kappa shape index (κ3) is 2.89. The summed E-state index contributed by atoms with van der Waals surface area (Å²) in [5.41, 5.74) is 0.799. The van der Waals surface area contributed by atoms with E-state index in [0.29, 0.717) is 0 Å². The number of benzene rings is 1. The van der Waals surface area contributed by atoms with E-state index >= 15 is 0 Å². The van der Waals surface area contributed by atoms with Crippen molar-refractivity contribution in [2.75, 3.05) is 0 Å². The Kier molecular flexibility index (Phi) is 3.69. The average Bonchev–Trinajstić information content (AvgIpc) is 2.28. The van der Waals surface area contributed by atoms with Crippen molar-refractivity contribution in [2.45, 2.75) is 51.5 Å². The molecule has 0 aromatic heterocycles. The molecule has 18 heavy (non-hydrogen) atoms. The lowest BCUT2D eigenvalue weighted by Gasteiger charge is -2.34. The molecule has 1 aromatic rings. The molecular formula is C15H20FNO. The number of halogens is 1. The molecule has 2 rings (SSSR count). The van der Waals surface area contributed by atoms with Crippen molar-refractivity contribution < 1.29 is 9.18 Å². The summed E-state index contributed by atoms with van der Waals surface area (Å²) in [6, 6.07) is 4.73. The molecule has 98 valence electrons. The van der Waals surface area contributed by atoms with Crippen LogP contribution in [-0.4, -0.2) is 11.4 Å². The molecule has 0 saturated heterocycles. The number of amides is 1. The van der Waals surface area contributed by atoms with Crippen LogP contribution in [0.25, 0.3) is 0 Å². The van der Waals surface area contributed by atoms with Crippen molar-refractivity contribution in [1.29, 1.82) is 0 Å². The molecule has 3 heteroatoms. The maximum absolute atomic E-state index is 13.7. The third-order valence-corrected chi connectivity index (χ3v) is 3.74. The Morgan fingerprint density at radius 3 is 2.56 bits per heavy atom. The first-order chi connectivity index (χ1) is 8.50. The fourth-order valence-electron chi connectivity index (χ4n) is 2.60. The van der Waals surface area contributed by atoms with E-state index in [2.05, 4.69) is 12.2 Å². The van der Waals surface area contributed by atoms with Gasteiger partial charge in [-0.2, -0.15) is 0 Å². The van der Waals surface area contributed by atoms with Gasteiger partial charge in [-0.3, -0.25) is 4.79 Å². The molecule has 0 spiro atoms. The van der Waals surface area contributed by atoms with E-state index in [1.165, 1.54) is 12.5 Å². The van der Waals surface area contributed by atoms with Crippen molar-refractivity contribution in [1.82, 2.24) is 5.32 Å². The minimum Gasteiger partial charge on any atom is -0.347 e. The minimum atomic E-state index is -0.438. The third-order valence-electron chi connectivity index (χ3n) is 3.74. The Morgan fingerprint density at radius 2 is 1.94 bits per heavy atom. The summed E-state index contributed by atoms with van der Waals surface area (Å²) in [7, 11) is 0. The van der Waals surface area contributed by atoms with Crippen molar-refractivity contribution in [3.8, 4) is 0 Å². The van der Waals surface area contributed by atoms with E-state index in [1.54, 1.807) is 12.1 Å². The smallest absolute Gasteiger partial charge is 0.254 e. The summed E-state index contributed by atoms with van der Waals surface area (Å²) in [6.07, 6.45) is 5.45. The highest BCUT2D eigenvalue weighted by Gasteiger charge is 2.29. The van der Waals surface area contributed by atoms with Gasteiger partial charge in [0, 0.05) is 5.54 Å². The van der Waals surface area contributed by atoms with Gasteiger partial charge in [0.1, 0.15) is 5.82 Å². The number of hydrogen-bond acceptors (Lipinski definition) is 1. The molecular weight excluding hydrogens is 229 g/mol. The largest absolute Gasteiger partial charge is 0.347 e. The van der Waals surface area contributed by atoms with E-state index in [1.807, 2.05) is 6.92 Å². The first kappa shape index (κ1) is 13.1. The van der Waals surface area contributed by atoms with Crippen LogP contribution in [0.2, 0.25) is 0 Å². The SMILES string of the molecule is Cc1ccc(C(=O)NC2(C)CCCCC2)c(F)c1. The Morgan fingerprint density at radius 1 is 1.28 bits per heavy atom. The number of nitrogens with one attached hydrogen (secondary N) is 1. The topological polar surface area (TPSA) is 29.1 Å². The second-order valence-electron chi connectivity index (χ2n) is 5.56. The highest BCUT2D eigenvalue weighted by Crippen LogP contribution is 2.28. The molecule has 0 radical (unpaired) electrons. The Bertz CT molecular complexity index is 450. The van der Waals surface area contributed by atoms with Crippen LogP contribution in [0.5, 0.6) is 0 Å². The van der Waals surface area contributed by atoms with Crippen LogP contribution in [0, 0.1) is 12.7 Å². The average molecular weight is 249 g/mol. The quantitative estimate of drug-likeness (QED) is 0.852. The van der Waals surface area contributed by atoms with Crippen molar-refractivity contribution in [2.24, 2.45) is 0 Å². The molecule has 0 unspecified atom stereocenters. The monoisotopic (exact) mass is 249 g/mol. The number of aryl methyl sites for hydroxylation is 1. The molecule has 0 atom stereocenters. The van der Waals surface area contributed by atoms with Crippen LogP contribution in [0.3, 0.4) is 0 Å². The minimum absolute atomic E-state index is 0.146. The fourth-order valence-corrected chi connectivity index (χ4v) is 2.60. The van der Waals surface area contributed by atoms with Gasteiger partial charge >= 0.3 is 0 Å². The van der Waals surface area contributed by atoms with Crippen LogP contribution >= 0.6 is 0 Å². The number of carbonyl (C=O) groups excluding carboxylic acids is 1. The lowest BCUT2D eigenvalue weighted by atomic mass is 9.83. The maximum atomic E-state index is 13.7. The summed E-state index contributed by atoms with van der Waals surface area (Å²) < 4.78 is 13.7. The summed E-state index contributed by atoms with van der Waals surface area (Å²) in [5, 5.41) is 2.99.